The van der Waals surface area contributed by atoms with Crippen molar-refractivity contribution in [3.05, 3.63) is 31.0 Å². The number of hydrogen-bond donors (Lipinski definition) is 1. The Kier molecular flexibility index (Phi) is 2.11. The highest BCUT2D eigenvalue weighted by Gasteiger charge is 2.25. The molecule has 1 aliphatic rings. The maximum absolute atomic E-state index is 9.23. The number of hydrogen-bond acceptors (Lipinski definition) is 5. The van der Waals surface area contributed by atoms with Crippen LogP contribution in [0.15, 0.2) is 35.4 Å². The van der Waals surface area contributed by atoms with Gasteiger partial charge in [0.2, 0.25) is 0 Å². The standard InChI is InChI=1S/C11H11N3O2/c15-9-4-14(5-9)11-3-10(12-7-13-11)8-1-2-16-6-8/h1-3,6-7,9,15H,4-5H2. The second-order valence-electron chi connectivity index (χ2n) is 3.83. The summed E-state index contributed by atoms with van der Waals surface area (Å²) in [4.78, 5) is 10.4. The van der Waals surface area contributed by atoms with Gasteiger partial charge in [-0.3, -0.25) is 0 Å². The van der Waals surface area contributed by atoms with Crippen molar-refractivity contribution in [2.24, 2.45) is 0 Å². The molecule has 0 bridgehead atoms. The zero-order valence-electron chi connectivity index (χ0n) is 8.58. The molecule has 0 saturated carbocycles. The fourth-order valence-corrected chi connectivity index (χ4v) is 1.73. The van der Waals surface area contributed by atoms with Gasteiger partial charge in [0.05, 0.1) is 24.3 Å². The molecule has 1 saturated heterocycles. The molecule has 0 amide bonds. The highest BCUT2D eigenvalue weighted by molar-refractivity contribution is 5.61. The second-order valence-corrected chi connectivity index (χ2v) is 3.83. The third kappa shape index (κ3) is 1.55. The summed E-state index contributed by atoms with van der Waals surface area (Å²) in [6, 6.07) is 3.76. The van der Waals surface area contributed by atoms with Crippen molar-refractivity contribution in [1.82, 2.24) is 9.97 Å². The minimum absolute atomic E-state index is 0.229. The van der Waals surface area contributed by atoms with E-state index in [4.69, 9.17) is 4.42 Å². The molecule has 0 spiro atoms. The summed E-state index contributed by atoms with van der Waals surface area (Å²) in [5.74, 6) is 0.844. The van der Waals surface area contributed by atoms with Gasteiger partial charge in [-0.25, -0.2) is 9.97 Å². The van der Waals surface area contributed by atoms with E-state index in [1.54, 1.807) is 12.5 Å². The first-order valence-corrected chi connectivity index (χ1v) is 5.10. The first-order valence-electron chi connectivity index (χ1n) is 5.10. The van der Waals surface area contributed by atoms with Crippen molar-refractivity contribution in [1.29, 1.82) is 0 Å². The predicted molar refractivity (Wildman–Crippen MR) is 58.0 cm³/mol. The third-order valence-corrected chi connectivity index (χ3v) is 2.66. The molecular formula is C11H11N3O2. The third-order valence-electron chi connectivity index (χ3n) is 2.66. The Morgan fingerprint density at radius 2 is 2.25 bits per heavy atom. The van der Waals surface area contributed by atoms with Gasteiger partial charge in [-0.15, -0.1) is 0 Å². The molecule has 0 unspecified atom stereocenters. The lowest BCUT2D eigenvalue weighted by atomic mass is 10.1. The number of rotatable bonds is 2. The normalized spacial score (nSPS) is 16.2. The van der Waals surface area contributed by atoms with E-state index >= 15 is 0 Å². The fraction of sp³-hybridized carbons (Fsp3) is 0.273. The molecular weight excluding hydrogens is 206 g/mol. The van der Waals surface area contributed by atoms with Crippen molar-refractivity contribution in [3.8, 4) is 11.3 Å². The number of furan rings is 1. The van der Waals surface area contributed by atoms with Gasteiger partial charge in [0, 0.05) is 24.7 Å². The first-order chi connectivity index (χ1) is 7.83. The molecule has 5 heteroatoms. The molecule has 0 atom stereocenters. The van der Waals surface area contributed by atoms with Crippen LogP contribution >= 0.6 is 0 Å². The van der Waals surface area contributed by atoms with Crippen molar-refractivity contribution in [3.63, 3.8) is 0 Å². The first kappa shape index (κ1) is 9.35. The Morgan fingerprint density at radius 3 is 2.94 bits per heavy atom. The zero-order chi connectivity index (χ0) is 11.0. The summed E-state index contributed by atoms with van der Waals surface area (Å²) in [7, 11) is 0. The lowest BCUT2D eigenvalue weighted by Gasteiger charge is -2.36. The summed E-state index contributed by atoms with van der Waals surface area (Å²) in [6.45, 7) is 1.28. The fourth-order valence-electron chi connectivity index (χ4n) is 1.73. The van der Waals surface area contributed by atoms with Gasteiger partial charge in [0.25, 0.3) is 0 Å². The molecule has 0 aromatic carbocycles. The van der Waals surface area contributed by atoms with Crippen LogP contribution in [0.4, 0.5) is 5.82 Å². The van der Waals surface area contributed by atoms with Crippen LogP contribution < -0.4 is 4.90 Å². The Balaban J connectivity index is 1.89. The van der Waals surface area contributed by atoms with Crippen molar-refractivity contribution >= 4 is 5.82 Å². The number of aromatic nitrogens is 2. The minimum Gasteiger partial charge on any atom is -0.472 e. The highest BCUT2D eigenvalue weighted by Crippen LogP contribution is 2.23. The van der Waals surface area contributed by atoms with E-state index in [9.17, 15) is 5.11 Å². The van der Waals surface area contributed by atoms with Crippen LogP contribution in [-0.4, -0.2) is 34.3 Å². The van der Waals surface area contributed by atoms with Crippen molar-refractivity contribution in [2.45, 2.75) is 6.10 Å². The minimum atomic E-state index is -0.229. The van der Waals surface area contributed by atoms with E-state index in [0.29, 0.717) is 13.1 Å². The Morgan fingerprint density at radius 1 is 1.38 bits per heavy atom. The van der Waals surface area contributed by atoms with Crippen LogP contribution in [0.3, 0.4) is 0 Å². The predicted octanol–water partition coefficient (Wildman–Crippen LogP) is 0.917. The molecule has 16 heavy (non-hydrogen) atoms. The average molecular weight is 217 g/mol. The molecule has 1 aliphatic heterocycles. The van der Waals surface area contributed by atoms with Crippen LogP contribution in [-0.2, 0) is 0 Å². The maximum Gasteiger partial charge on any atom is 0.132 e. The van der Waals surface area contributed by atoms with Gasteiger partial charge < -0.3 is 14.4 Å². The molecule has 1 N–H and O–H groups in total. The lowest BCUT2D eigenvalue weighted by molar-refractivity contribution is 0.141. The van der Waals surface area contributed by atoms with Crippen LogP contribution in [0.2, 0.25) is 0 Å². The van der Waals surface area contributed by atoms with Gasteiger partial charge in [0.1, 0.15) is 12.1 Å². The van der Waals surface area contributed by atoms with Gasteiger partial charge in [-0.1, -0.05) is 0 Å². The number of β-amino-alcohol motifs (C(OH)–C–C–N with tert-alkyl or cyclic N) is 1. The molecule has 3 rings (SSSR count). The monoisotopic (exact) mass is 217 g/mol. The maximum atomic E-state index is 9.23. The number of aliphatic hydroxyl groups is 1. The van der Waals surface area contributed by atoms with E-state index < -0.39 is 0 Å². The Bertz CT molecular complexity index is 478. The van der Waals surface area contributed by atoms with E-state index in [0.717, 1.165) is 17.1 Å². The van der Waals surface area contributed by atoms with E-state index in [1.807, 2.05) is 17.0 Å². The SMILES string of the molecule is OC1CN(c2cc(-c3ccoc3)ncn2)C1. The molecule has 3 heterocycles. The van der Waals surface area contributed by atoms with Gasteiger partial charge in [-0.05, 0) is 6.07 Å². The van der Waals surface area contributed by atoms with Gasteiger partial charge in [0.15, 0.2) is 0 Å². The molecule has 0 aliphatic carbocycles. The highest BCUT2D eigenvalue weighted by atomic mass is 16.3. The zero-order valence-corrected chi connectivity index (χ0v) is 8.58. The smallest absolute Gasteiger partial charge is 0.132 e. The van der Waals surface area contributed by atoms with Crippen LogP contribution in [0.1, 0.15) is 0 Å². The van der Waals surface area contributed by atoms with E-state index in [2.05, 4.69) is 9.97 Å². The Labute approximate surface area is 92.4 Å². The summed E-state index contributed by atoms with van der Waals surface area (Å²) >= 11 is 0. The summed E-state index contributed by atoms with van der Waals surface area (Å²) < 4.78 is 5.01. The molecule has 0 radical (unpaired) electrons. The molecule has 82 valence electrons. The molecule has 1 fully saturated rings. The molecule has 2 aromatic heterocycles. The second kappa shape index (κ2) is 3.61. The lowest BCUT2D eigenvalue weighted by Crippen LogP contribution is -2.51. The number of aliphatic hydroxyl groups excluding tert-OH is 1. The van der Waals surface area contributed by atoms with E-state index in [-0.39, 0.29) is 6.10 Å². The number of nitrogens with zero attached hydrogens (tertiary/aromatic N) is 3. The van der Waals surface area contributed by atoms with Gasteiger partial charge in [-0.2, -0.15) is 0 Å². The topological polar surface area (TPSA) is 62.4 Å². The summed E-state index contributed by atoms with van der Waals surface area (Å²) in [5.41, 5.74) is 1.77. The summed E-state index contributed by atoms with van der Waals surface area (Å²) in [5, 5.41) is 9.23. The van der Waals surface area contributed by atoms with Crippen LogP contribution in [0.25, 0.3) is 11.3 Å². The van der Waals surface area contributed by atoms with Crippen molar-refractivity contribution in [2.75, 3.05) is 18.0 Å². The van der Waals surface area contributed by atoms with Crippen LogP contribution in [0.5, 0.6) is 0 Å². The molecule has 5 nitrogen and oxygen atoms in total. The summed E-state index contributed by atoms with van der Waals surface area (Å²) in [6.07, 6.45) is 4.57. The quantitative estimate of drug-likeness (QED) is 0.810. The van der Waals surface area contributed by atoms with Crippen LogP contribution in [0, 0.1) is 0 Å². The largest absolute Gasteiger partial charge is 0.472 e. The Hall–Kier alpha value is -1.88. The van der Waals surface area contributed by atoms with E-state index in [1.165, 1.54) is 6.33 Å². The number of anilines is 1. The molecule has 2 aromatic rings. The van der Waals surface area contributed by atoms with Gasteiger partial charge >= 0.3 is 0 Å². The average Bonchev–Trinajstić information content (AvgIpc) is 2.78. The van der Waals surface area contributed by atoms with Crippen molar-refractivity contribution < 1.29 is 9.52 Å².